The third-order valence-electron chi connectivity index (χ3n) is 5.50. The van der Waals surface area contributed by atoms with Gasteiger partial charge in [-0.05, 0) is 38.5 Å². The van der Waals surface area contributed by atoms with Crippen molar-refractivity contribution in [3.05, 3.63) is 72.5 Å². The van der Waals surface area contributed by atoms with E-state index in [0.29, 0.717) is 38.0 Å². The van der Waals surface area contributed by atoms with E-state index in [9.17, 15) is 14.4 Å². The van der Waals surface area contributed by atoms with Crippen LogP contribution in [0.25, 0.3) is 26.8 Å². The van der Waals surface area contributed by atoms with Crippen molar-refractivity contribution in [2.75, 3.05) is 0 Å². The molecule has 0 unspecified atom stereocenters. The maximum atomic E-state index is 12.7. The number of nitrogens with zero attached hydrogens (tertiary/aromatic N) is 4. The van der Waals surface area contributed by atoms with Crippen LogP contribution in [-0.4, -0.2) is 36.7 Å². The van der Waals surface area contributed by atoms with Gasteiger partial charge in [-0.1, -0.05) is 12.1 Å². The number of aromatic nitrogens is 5. The Morgan fingerprint density at radius 1 is 1.21 bits per heavy atom. The molecule has 0 spiro atoms. The zero-order valence-electron chi connectivity index (χ0n) is 18.0. The van der Waals surface area contributed by atoms with Crippen LogP contribution >= 0.6 is 11.3 Å². The lowest BCUT2D eigenvalue weighted by molar-refractivity contribution is -0.120. The summed E-state index contributed by atoms with van der Waals surface area (Å²) in [5.74, 6) is -0.170. The molecule has 0 aliphatic carbocycles. The topological polar surface area (TPSA) is 137 Å². The molecule has 1 aromatic carbocycles. The van der Waals surface area contributed by atoms with Crippen LogP contribution in [0.5, 0.6) is 0 Å². The Kier molecular flexibility index (Phi) is 4.90. The van der Waals surface area contributed by atoms with Gasteiger partial charge < -0.3 is 4.98 Å². The van der Waals surface area contributed by atoms with Crippen molar-refractivity contribution in [3.8, 4) is 0 Å². The fourth-order valence-electron chi connectivity index (χ4n) is 3.71. The average molecular weight is 462 g/mol. The molecule has 0 saturated heterocycles. The monoisotopic (exact) mass is 461 g/mol. The number of hydrogen-bond acceptors (Lipinski definition) is 7. The summed E-state index contributed by atoms with van der Waals surface area (Å²) in [5, 5.41) is 8.06. The number of nitrogens with one attached hydrogen (secondary N) is 3. The van der Waals surface area contributed by atoms with Crippen LogP contribution in [0.15, 0.2) is 39.0 Å². The minimum absolute atomic E-state index is 0.131. The van der Waals surface area contributed by atoms with E-state index >= 15 is 0 Å². The second kappa shape index (κ2) is 7.78. The van der Waals surface area contributed by atoms with Gasteiger partial charge in [-0.15, -0.1) is 11.3 Å². The Hall–Kier alpha value is -4.12. The first-order chi connectivity index (χ1) is 15.8. The molecule has 0 bridgehead atoms. The van der Waals surface area contributed by atoms with Gasteiger partial charge in [-0.25, -0.2) is 19.9 Å². The van der Waals surface area contributed by atoms with Crippen LogP contribution in [0, 0.1) is 20.8 Å². The van der Waals surface area contributed by atoms with Crippen molar-refractivity contribution >= 4 is 50.2 Å². The van der Waals surface area contributed by atoms with Crippen LogP contribution in [0.2, 0.25) is 0 Å². The van der Waals surface area contributed by atoms with E-state index in [1.165, 1.54) is 22.1 Å². The number of fused-ring (bicyclic) bond motifs is 3. The summed E-state index contributed by atoms with van der Waals surface area (Å²) in [6, 6.07) is 7.08. The maximum Gasteiger partial charge on any atom is 0.280 e. The summed E-state index contributed by atoms with van der Waals surface area (Å²) in [7, 11) is 0. The molecule has 0 saturated carbocycles. The second-order valence-electron chi connectivity index (χ2n) is 7.69. The highest BCUT2D eigenvalue weighted by atomic mass is 32.1. The molecule has 33 heavy (non-hydrogen) atoms. The standard InChI is InChI=1S/C22H19N7O3S/c1-10-12(3)33-21-18(10)20(31)25-16(26-21)8-17(30)27-23-9-14-11(2)28-29-19(14)24-15-7-5-4-6-13(15)22(29)32/h4-7,9,28H,8H2,1-3H3,(H,27,30)(H,25,26,31)/b23-9+. The molecule has 5 rings (SSSR count). The molecular weight excluding hydrogens is 442 g/mol. The number of benzene rings is 1. The van der Waals surface area contributed by atoms with Gasteiger partial charge in [0.2, 0.25) is 5.91 Å². The number of H-pyrrole nitrogens is 2. The lowest BCUT2D eigenvalue weighted by Gasteiger charge is -2.01. The molecule has 4 heterocycles. The summed E-state index contributed by atoms with van der Waals surface area (Å²) in [6.45, 7) is 5.60. The largest absolute Gasteiger partial charge is 0.309 e. The van der Waals surface area contributed by atoms with E-state index < -0.39 is 5.91 Å². The van der Waals surface area contributed by atoms with Crippen LogP contribution in [0.1, 0.15) is 27.5 Å². The third-order valence-corrected chi connectivity index (χ3v) is 6.60. The first kappa shape index (κ1) is 20.8. The van der Waals surface area contributed by atoms with Crippen molar-refractivity contribution in [2.45, 2.75) is 27.2 Å². The number of para-hydroxylation sites is 1. The smallest absolute Gasteiger partial charge is 0.280 e. The molecule has 0 radical (unpaired) electrons. The Bertz CT molecular complexity index is 1720. The average Bonchev–Trinajstić information content (AvgIpc) is 3.24. The maximum absolute atomic E-state index is 12.7. The Morgan fingerprint density at radius 3 is 2.82 bits per heavy atom. The van der Waals surface area contributed by atoms with Crippen molar-refractivity contribution in [3.63, 3.8) is 0 Å². The zero-order chi connectivity index (χ0) is 23.3. The Balaban J connectivity index is 1.39. The highest BCUT2D eigenvalue weighted by molar-refractivity contribution is 7.18. The molecule has 3 N–H and O–H groups in total. The summed E-state index contributed by atoms with van der Waals surface area (Å²) < 4.78 is 1.36. The minimum Gasteiger partial charge on any atom is -0.309 e. The third kappa shape index (κ3) is 3.52. The number of hydrazone groups is 1. The lowest BCUT2D eigenvalue weighted by atomic mass is 10.2. The fourth-order valence-corrected chi connectivity index (χ4v) is 4.76. The molecular formula is C22H19N7O3S. The number of aromatic amines is 2. The van der Waals surface area contributed by atoms with Crippen molar-refractivity contribution in [1.29, 1.82) is 0 Å². The van der Waals surface area contributed by atoms with E-state index in [4.69, 9.17) is 0 Å². The molecule has 1 amide bonds. The number of aryl methyl sites for hydroxylation is 3. The highest BCUT2D eigenvalue weighted by Crippen LogP contribution is 2.25. The molecule has 0 aliphatic heterocycles. The minimum atomic E-state index is -0.438. The van der Waals surface area contributed by atoms with E-state index in [2.05, 4.69) is 30.6 Å². The molecule has 4 aromatic heterocycles. The van der Waals surface area contributed by atoms with E-state index in [1.54, 1.807) is 25.1 Å². The van der Waals surface area contributed by atoms with Gasteiger partial charge in [0, 0.05) is 10.6 Å². The van der Waals surface area contributed by atoms with Gasteiger partial charge in [0.05, 0.1) is 34.5 Å². The molecule has 0 fully saturated rings. The Morgan fingerprint density at radius 2 is 2.00 bits per heavy atom. The number of rotatable bonds is 4. The number of amides is 1. The quantitative estimate of drug-likeness (QED) is 0.278. The fraction of sp³-hybridized carbons (Fsp3) is 0.182. The van der Waals surface area contributed by atoms with Gasteiger partial charge in [0.15, 0.2) is 5.65 Å². The lowest BCUT2D eigenvalue weighted by Crippen LogP contribution is -2.23. The van der Waals surface area contributed by atoms with Gasteiger partial charge in [0.1, 0.15) is 10.7 Å². The number of carbonyl (C=O) groups is 1. The molecule has 5 aromatic rings. The van der Waals surface area contributed by atoms with Crippen molar-refractivity contribution in [2.24, 2.45) is 5.10 Å². The van der Waals surface area contributed by atoms with E-state index in [0.717, 1.165) is 10.4 Å². The van der Waals surface area contributed by atoms with E-state index in [-0.39, 0.29) is 23.4 Å². The molecule has 10 nitrogen and oxygen atoms in total. The predicted octanol–water partition coefficient (Wildman–Crippen LogP) is 2.09. The number of hydrogen-bond donors (Lipinski definition) is 3. The van der Waals surface area contributed by atoms with Gasteiger partial charge in [-0.2, -0.15) is 5.10 Å². The van der Waals surface area contributed by atoms with Gasteiger partial charge >= 0.3 is 0 Å². The second-order valence-corrected chi connectivity index (χ2v) is 8.89. The van der Waals surface area contributed by atoms with Crippen LogP contribution in [-0.2, 0) is 11.2 Å². The first-order valence-electron chi connectivity index (χ1n) is 10.1. The van der Waals surface area contributed by atoms with Crippen molar-refractivity contribution in [1.82, 2.24) is 30.0 Å². The summed E-state index contributed by atoms with van der Waals surface area (Å²) in [6.07, 6.45) is 1.30. The summed E-state index contributed by atoms with van der Waals surface area (Å²) >= 11 is 1.42. The summed E-state index contributed by atoms with van der Waals surface area (Å²) in [4.78, 5) is 50.7. The van der Waals surface area contributed by atoms with Gasteiger partial charge in [-0.3, -0.25) is 19.5 Å². The summed E-state index contributed by atoms with van der Waals surface area (Å²) in [5.41, 5.74) is 5.11. The van der Waals surface area contributed by atoms with Crippen LogP contribution in [0.3, 0.4) is 0 Å². The molecule has 11 heteroatoms. The number of carbonyl (C=O) groups excluding carboxylic acids is 1. The number of thiophene rings is 1. The van der Waals surface area contributed by atoms with Crippen LogP contribution < -0.4 is 16.5 Å². The van der Waals surface area contributed by atoms with Crippen molar-refractivity contribution < 1.29 is 4.79 Å². The molecule has 0 atom stereocenters. The normalized spacial score (nSPS) is 11.8. The first-order valence-corrected chi connectivity index (χ1v) is 11.0. The molecule has 166 valence electrons. The SMILES string of the molecule is Cc1[nH]n2c(=O)c3ccccc3nc2c1/C=N/NC(=O)Cc1nc2sc(C)c(C)c2c(=O)[nH]1. The zero-order valence-corrected chi connectivity index (χ0v) is 18.8. The van der Waals surface area contributed by atoms with Crippen LogP contribution in [0.4, 0.5) is 0 Å². The Labute approximate surface area is 190 Å². The van der Waals surface area contributed by atoms with E-state index in [1.807, 2.05) is 19.9 Å². The molecule has 0 aliphatic rings. The van der Waals surface area contributed by atoms with Gasteiger partial charge in [0.25, 0.3) is 11.1 Å². The predicted molar refractivity (Wildman–Crippen MR) is 127 cm³/mol. The highest BCUT2D eigenvalue weighted by Gasteiger charge is 2.15.